The predicted octanol–water partition coefficient (Wildman–Crippen LogP) is 5.14. The van der Waals surface area contributed by atoms with Gasteiger partial charge >= 0.3 is 0 Å². The third-order valence-corrected chi connectivity index (χ3v) is 6.59. The Hall–Kier alpha value is -2.31. The predicted molar refractivity (Wildman–Crippen MR) is 112 cm³/mol. The second-order valence-corrected chi connectivity index (χ2v) is 8.86. The maximum Gasteiger partial charge on any atom is 0.231 e. The Labute approximate surface area is 169 Å². The van der Waals surface area contributed by atoms with Crippen molar-refractivity contribution in [2.24, 2.45) is 5.92 Å². The van der Waals surface area contributed by atoms with E-state index in [0.717, 1.165) is 53.4 Å². The lowest BCUT2D eigenvalue weighted by atomic mass is 9.99. The Morgan fingerprint density at radius 1 is 1.25 bits per heavy atom. The molecule has 1 aliphatic heterocycles. The van der Waals surface area contributed by atoms with Gasteiger partial charge in [0.05, 0.1) is 11.9 Å². The van der Waals surface area contributed by atoms with Crippen LogP contribution in [0.5, 0.6) is 11.6 Å². The van der Waals surface area contributed by atoms with Gasteiger partial charge in [0.15, 0.2) is 0 Å². The summed E-state index contributed by atoms with van der Waals surface area (Å²) in [4.78, 5) is 25.3. The molecular formula is C22H25N3O2S. The molecule has 3 heterocycles. The van der Waals surface area contributed by atoms with Gasteiger partial charge in [-0.2, -0.15) is 4.98 Å². The van der Waals surface area contributed by atoms with Gasteiger partial charge in [-0.3, -0.25) is 9.69 Å². The molecule has 0 bridgehead atoms. The van der Waals surface area contributed by atoms with Crippen LogP contribution >= 0.6 is 11.3 Å². The van der Waals surface area contributed by atoms with E-state index < -0.39 is 0 Å². The minimum absolute atomic E-state index is 0.579. The SMILES string of the molecule is Cc1sc2nc(CN3CCC(C)CC3)nc(Oc3cccc(C=O)c3)c2c1C. The highest BCUT2D eigenvalue weighted by atomic mass is 32.1. The highest BCUT2D eigenvalue weighted by Gasteiger charge is 2.20. The second-order valence-electron chi connectivity index (χ2n) is 7.66. The summed E-state index contributed by atoms with van der Waals surface area (Å²) in [6.07, 6.45) is 3.27. The van der Waals surface area contributed by atoms with Gasteiger partial charge in [-0.05, 0) is 63.4 Å². The number of nitrogens with zero attached hydrogens (tertiary/aromatic N) is 3. The summed E-state index contributed by atoms with van der Waals surface area (Å²) in [6.45, 7) is 9.41. The fraction of sp³-hybridized carbons (Fsp3) is 0.409. The molecule has 28 heavy (non-hydrogen) atoms. The van der Waals surface area contributed by atoms with Crippen molar-refractivity contribution < 1.29 is 9.53 Å². The number of aromatic nitrogens is 2. The molecule has 1 aliphatic rings. The average Bonchev–Trinajstić information content (AvgIpc) is 2.98. The zero-order chi connectivity index (χ0) is 19.7. The van der Waals surface area contributed by atoms with E-state index in [0.29, 0.717) is 17.2 Å². The zero-order valence-electron chi connectivity index (χ0n) is 16.6. The number of benzene rings is 1. The second kappa shape index (κ2) is 7.97. The van der Waals surface area contributed by atoms with Crippen LogP contribution < -0.4 is 4.74 Å². The molecule has 0 amide bonds. The van der Waals surface area contributed by atoms with E-state index in [4.69, 9.17) is 14.7 Å². The molecule has 5 nitrogen and oxygen atoms in total. The smallest absolute Gasteiger partial charge is 0.231 e. The van der Waals surface area contributed by atoms with E-state index in [1.54, 1.807) is 23.5 Å². The van der Waals surface area contributed by atoms with Crippen molar-refractivity contribution in [1.82, 2.24) is 14.9 Å². The maximum atomic E-state index is 11.1. The summed E-state index contributed by atoms with van der Waals surface area (Å²) in [7, 11) is 0. The van der Waals surface area contributed by atoms with Crippen LogP contribution in [0.15, 0.2) is 24.3 Å². The number of aldehydes is 1. The topological polar surface area (TPSA) is 55.3 Å². The molecule has 0 spiro atoms. The van der Waals surface area contributed by atoms with Crippen molar-refractivity contribution in [3.63, 3.8) is 0 Å². The molecule has 4 rings (SSSR count). The third-order valence-electron chi connectivity index (χ3n) is 5.49. The van der Waals surface area contributed by atoms with E-state index in [1.807, 2.05) is 12.1 Å². The molecule has 146 valence electrons. The number of ether oxygens (including phenoxy) is 1. The number of hydrogen-bond donors (Lipinski definition) is 0. The Morgan fingerprint density at radius 3 is 2.79 bits per heavy atom. The number of rotatable bonds is 5. The van der Waals surface area contributed by atoms with E-state index in [-0.39, 0.29) is 0 Å². The van der Waals surface area contributed by atoms with Crippen LogP contribution in [0.25, 0.3) is 10.2 Å². The van der Waals surface area contributed by atoms with E-state index in [9.17, 15) is 4.79 Å². The number of aryl methyl sites for hydroxylation is 2. The third kappa shape index (κ3) is 3.93. The van der Waals surface area contributed by atoms with Gasteiger partial charge in [0, 0.05) is 10.4 Å². The molecule has 0 aliphatic carbocycles. The maximum absolute atomic E-state index is 11.1. The molecular weight excluding hydrogens is 370 g/mol. The largest absolute Gasteiger partial charge is 0.438 e. The minimum Gasteiger partial charge on any atom is -0.438 e. The summed E-state index contributed by atoms with van der Waals surface area (Å²) < 4.78 is 6.15. The molecule has 0 saturated carbocycles. The standard InChI is InChI=1S/C22H25N3O2S/c1-14-7-9-25(10-8-14)12-19-23-21(20-15(2)16(3)28-22(20)24-19)27-18-6-4-5-17(11-18)13-26/h4-6,11,13-14H,7-10,12H2,1-3H3. The lowest BCUT2D eigenvalue weighted by molar-refractivity contribution is 0.112. The van der Waals surface area contributed by atoms with Crippen molar-refractivity contribution >= 4 is 27.8 Å². The van der Waals surface area contributed by atoms with Gasteiger partial charge < -0.3 is 4.74 Å². The van der Waals surface area contributed by atoms with E-state index >= 15 is 0 Å². The highest BCUT2D eigenvalue weighted by Crippen LogP contribution is 2.36. The summed E-state index contributed by atoms with van der Waals surface area (Å²) in [5, 5.41) is 0.968. The molecule has 1 saturated heterocycles. The molecule has 0 radical (unpaired) electrons. The van der Waals surface area contributed by atoms with Gasteiger partial charge in [-0.25, -0.2) is 4.98 Å². The molecule has 3 aromatic rings. The molecule has 0 atom stereocenters. The highest BCUT2D eigenvalue weighted by molar-refractivity contribution is 7.18. The molecule has 0 unspecified atom stereocenters. The first-order valence-corrected chi connectivity index (χ1v) is 10.6. The van der Waals surface area contributed by atoms with E-state index in [2.05, 4.69) is 25.7 Å². The lowest BCUT2D eigenvalue weighted by Gasteiger charge is -2.29. The van der Waals surface area contributed by atoms with Gasteiger partial charge in [-0.15, -0.1) is 11.3 Å². The molecule has 2 aromatic heterocycles. The Balaban J connectivity index is 1.69. The van der Waals surface area contributed by atoms with Gasteiger partial charge in [0.2, 0.25) is 5.88 Å². The summed E-state index contributed by atoms with van der Waals surface area (Å²) in [5.41, 5.74) is 1.74. The van der Waals surface area contributed by atoms with Crippen molar-refractivity contribution in [3.05, 3.63) is 46.1 Å². The van der Waals surface area contributed by atoms with E-state index in [1.165, 1.54) is 17.7 Å². The first-order valence-electron chi connectivity index (χ1n) is 9.75. The summed E-state index contributed by atoms with van der Waals surface area (Å²) in [5.74, 6) is 2.79. The number of hydrogen-bond acceptors (Lipinski definition) is 6. The summed E-state index contributed by atoms with van der Waals surface area (Å²) in [6, 6.07) is 7.17. The number of fused-ring (bicyclic) bond motifs is 1. The van der Waals surface area contributed by atoms with Crippen molar-refractivity contribution in [2.75, 3.05) is 13.1 Å². The zero-order valence-corrected chi connectivity index (χ0v) is 17.4. The fourth-order valence-electron chi connectivity index (χ4n) is 3.58. The van der Waals surface area contributed by atoms with Crippen LogP contribution in [-0.2, 0) is 6.54 Å². The molecule has 1 fully saturated rings. The monoisotopic (exact) mass is 395 g/mol. The van der Waals surface area contributed by atoms with Crippen molar-refractivity contribution in [3.8, 4) is 11.6 Å². The van der Waals surface area contributed by atoms with Crippen LogP contribution in [0.4, 0.5) is 0 Å². The van der Waals surface area contributed by atoms with Crippen LogP contribution in [0.3, 0.4) is 0 Å². The van der Waals surface area contributed by atoms with Crippen molar-refractivity contribution in [1.29, 1.82) is 0 Å². The number of carbonyl (C=O) groups is 1. The number of carbonyl (C=O) groups excluding carboxylic acids is 1. The first-order chi connectivity index (χ1) is 13.5. The molecule has 1 aromatic carbocycles. The van der Waals surface area contributed by atoms with Crippen molar-refractivity contribution in [2.45, 2.75) is 40.2 Å². The summed E-state index contributed by atoms with van der Waals surface area (Å²) >= 11 is 1.68. The quantitative estimate of drug-likeness (QED) is 0.560. The molecule has 6 heteroatoms. The van der Waals surface area contributed by atoms with Crippen LogP contribution in [0.2, 0.25) is 0 Å². The van der Waals surface area contributed by atoms with Crippen LogP contribution in [-0.4, -0.2) is 34.2 Å². The fourth-order valence-corrected chi connectivity index (χ4v) is 4.62. The Kier molecular flexibility index (Phi) is 5.42. The van der Waals surface area contributed by atoms with Gasteiger partial charge in [0.1, 0.15) is 22.7 Å². The van der Waals surface area contributed by atoms with Gasteiger partial charge in [0.25, 0.3) is 0 Å². The first kappa shape index (κ1) is 19.0. The van der Waals surface area contributed by atoms with Crippen LogP contribution in [0, 0.1) is 19.8 Å². The number of piperidine rings is 1. The number of likely N-dealkylation sites (tertiary alicyclic amines) is 1. The lowest BCUT2D eigenvalue weighted by Crippen LogP contribution is -2.32. The number of thiophene rings is 1. The Bertz CT molecular complexity index is 1010. The average molecular weight is 396 g/mol. The normalized spacial score (nSPS) is 15.8. The minimum atomic E-state index is 0.579. The van der Waals surface area contributed by atoms with Gasteiger partial charge in [-0.1, -0.05) is 19.1 Å². The molecule has 0 N–H and O–H groups in total. The van der Waals surface area contributed by atoms with Crippen LogP contribution in [0.1, 0.15) is 46.4 Å². The Morgan fingerprint density at radius 2 is 2.04 bits per heavy atom.